The molecule has 0 unspecified atom stereocenters. The zero-order valence-corrected chi connectivity index (χ0v) is 12.0. The van der Waals surface area contributed by atoms with Crippen LogP contribution in [0.25, 0.3) is 0 Å². The topological polar surface area (TPSA) is 75.6 Å². The zero-order chi connectivity index (χ0) is 11.0. The molecule has 6 heteroatoms. The van der Waals surface area contributed by atoms with Crippen molar-refractivity contribution in [2.75, 3.05) is 26.4 Å². The second-order valence-corrected chi connectivity index (χ2v) is 3.19. The number of aliphatic hydroxyl groups is 1. The summed E-state index contributed by atoms with van der Waals surface area (Å²) < 4.78 is 4.87. The van der Waals surface area contributed by atoms with Crippen molar-refractivity contribution in [3.05, 3.63) is 0 Å². The molecule has 0 aromatic heterocycles. The fraction of sp³-hybridized carbons (Fsp3) is 0.778. The first-order valence-electron chi connectivity index (χ1n) is 4.56. The minimum atomic E-state index is -0.324. The molecule has 0 spiro atoms. The molecule has 0 aliphatic heterocycles. The minimum Gasteiger partial charge on any atom is -0.395 e. The second kappa shape index (κ2) is 10.7. The number of aliphatic hydroxyl groups excluding tert-OH is 1. The maximum Gasteiger partial charge on any atom is 0.246 e. The van der Waals surface area contributed by atoms with E-state index in [0.717, 1.165) is 0 Å². The Labute approximate surface area is 115 Å². The molecule has 15 heavy (non-hydrogen) atoms. The Bertz CT molecular complexity index is 197. The Morgan fingerprint density at radius 2 is 1.93 bits per heavy atom. The van der Waals surface area contributed by atoms with Gasteiger partial charge in [0.2, 0.25) is 5.91 Å². The average molecular weight is 292 g/mol. The minimum absolute atomic E-state index is 0. The van der Waals surface area contributed by atoms with E-state index in [9.17, 15) is 9.59 Å². The van der Waals surface area contributed by atoms with E-state index in [2.05, 4.69) is 5.32 Å². The fourth-order valence-electron chi connectivity index (χ4n) is 0.657. The van der Waals surface area contributed by atoms with Crippen LogP contribution >= 0.6 is 0 Å². The number of nitrogens with one attached hydrogen (secondary N) is 1. The predicted molar refractivity (Wildman–Crippen MR) is 50.8 cm³/mol. The number of Topliss-reactive ketones (excluding diaryl/α,β-unsaturated/α-hetero) is 1. The van der Waals surface area contributed by atoms with Gasteiger partial charge in [-0.3, -0.25) is 9.59 Å². The standard InChI is InChI=1S/C9H17NO4.Y/c1-7(2)8(12)5-14-6-9(13)10-3-4-11;/h7,11H,3-6H2,1-2H3,(H,10,13);. The van der Waals surface area contributed by atoms with Crippen molar-refractivity contribution in [1.82, 2.24) is 5.32 Å². The van der Waals surface area contributed by atoms with Crippen LogP contribution < -0.4 is 5.32 Å². The molecule has 0 saturated carbocycles. The van der Waals surface area contributed by atoms with Crippen molar-refractivity contribution in [3.63, 3.8) is 0 Å². The van der Waals surface area contributed by atoms with Crippen molar-refractivity contribution < 1.29 is 52.1 Å². The molecular formula is C9H17NO4Y. The van der Waals surface area contributed by atoms with Gasteiger partial charge in [-0.25, -0.2) is 0 Å². The predicted octanol–water partition coefficient (Wildman–Crippen LogP) is -0.666. The Morgan fingerprint density at radius 3 is 2.40 bits per heavy atom. The molecule has 85 valence electrons. The van der Waals surface area contributed by atoms with Crippen LogP contribution in [0.2, 0.25) is 0 Å². The molecule has 1 amide bonds. The number of carbonyl (C=O) groups excluding carboxylic acids is 2. The fourth-order valence-corrected chi connectivity index (χ4v) is 0.657. The van der Waals surface area contributed by atoms with Crippen LogP contribution in [0.1, 0.15) is 13.8 Å². The van der Waals surface area contributed by atoms with E-state index < -0.39 is 0 Å². The number of amides is 1. The van der Waals surface area contributed by atoms with Crippen LogP contribution in [0, 0.1) is 5.92 Å². The number of carbonyl (C=O) groups is 2. The van der Waals surface area contributed by atoms with Gasteiger partial charge >= 0.3 is 0 Å². The first-order chi connectivity index (χ1) is 6.57. The maximum absolute atomic E-state index is 11.0. The quantitative estimate of drug-likeness (QED) is 0.653. The molecule has 0 aromatic carbocycles. The summed E-state index contributed by atoms with van der Waals surface area (Å²) in [6.07, 6.45) is 0. The molecule has 0 bridgehead atoms. The summed E-state index contributed by atoms with van der Waals surface area (Å²) >= 11 is 0. The third-order valence-corrected chi connectivity index (χ3v) is 1.56. The molecule has 0 rings (SSSR count). The summed E-state index contributed by atoms with van der Waals surface area (Å²) in [5, 5.41) is 10.8. The summed E-state index contributed by atoms with van der Waals surface area (Å²) in [5.41, 5.74) is 0. The van der Waals surface area contributed by atoms with Gasteiger partial charge in [-0.05, 0) is 0 Å². The van der Waals surface area contributed by atoms with E-state index in [1.807, 2.05) is 0 Å². The van der Waals surface area contributed by atoms with Crippen molar-refractivity contribution in [2.24, 2.45) is 5.92 Å². The van der Waals surface area contributed by atoms with Gasteiger partial charge < -0.3 is 15.2 Å². The first-order valence-corrected chi connectivity index (χ1v) is 4.56. The summed E-state index contributed by atoms with van der Waals surface area (Å²) in [6, 6.07) is 0. The van der Waals surface area contributed by atoms with E-state index in [4.69, 9.17) is 9.84 Å². The van der Waals surface area contributed by atoms with E-state index >= 15 is 0 Å². The van der Waals surface area contributed by atoms with Gasteiger partial charge in [-0.1, -0.05) is 13.8 Å². The number of ketones is 1. The van der Waals surface area contributed by atoms with E-state index in [0.29, 0.717) is 0 Å². The number of hydrogen-bond donors (Lipinski definition) is 2. The molecule has 0 fully saturated rings. The van der Waals surface area contributed by atoms with Crippen molar-refractivity contribution in [2.45, 2.75) is 13.8 Å². The van der Waals surface area contributed by atoms with Crippen LogP contribution in [0.5, 0.6) is 0 Å². The first kappa shape index (κ1) is 17.6. The molecule has 0 aliphatic rings. The van der Waals surface area contributed by atoms with Crippen molar-refractivity contribution in [1.29, 1.82) is 0 Å². The Hall–Kier alpha value is 0.164. The Kier molecular flexibility index (Phi) is 12.5. The van der Waals surface area contributed by atoms with Gasteiger partial charge in [0.25, 0.3) is 0 Å². The monoisotopic (exact) mass is 292 g/mol. The van der Waals surface area contributed by atoms with Crippen LogP contribution in [0.3, 0.4) is 0 Å². The molecule has 1 radical (unpaired) electrons. The Morgan fingerprint density at radius 1 is 1.33 bits per heavy atom. The van der Waals surface area contributed by atoms with Gasteiger partial charge in [0.15, 0.2) is 5.78 Å². The van der Waals surface area contributed by atoms with Gasteiger partial charge in [-0.15, -0.1) is 0 Å². The van der Waals surface area contributed by atoms with Gasteiger partial charge in [-0.2, -0.15) is 0 Å². The molecular weight excluding hydrogens is 275 g/mol. The summed E-state index contributed by atoms with van der Waals surface area (Å²) in [6.45, 7) is 3.48. The molecule has 5 nitrogen and oxygen atoms in total. The largest absolute Gasteiger partial charge is 0.395 e. The maximum atomic E-state index is 11.0. The number of ether oxygens (including phenoxy) is 1. The second-order valence-electron chi connectivity index (χ2n) is 3.19. The van der Waals surface area contributed by atoms with E-state index in [1.54, 1.807) is 13.8 Å². The summed E-state index contributed by atoms with van der Waals surface area (Å²) in [7, 11) is 0. The molecule has 2 N–H and O–H groups in total. The Balaban J connectivity index is 0. The molecule has 0 atom stereocenters. The summed E-state index contributed by atoms with van der Waals surface area (Å²) in [5.74, 6) is -0.425. The summed E-state index contributed by atoms with van der Waals surface area (Å²) in [4.78, 5) is 21.9. The average Bonchev–Trinajstić information content (AvgIpc) is 2.14. The van der Waals surface area contributed by atoms with Crippen LogP contribution in [0.15, 0.2) is 0 Å². The molecule has 0 aliphatic carbocycles. The smallest absolute Gasteiger partial charge is 0.246 e. The molecule has 0 saturated heterocycles. The van der Waals surface area contributed by atoms with Crippen LogP contribution in [0.4, 0.5) is 0 Å². The van der Waals surface area contributed by atoms with Crippen molar-refractivity contribution in [3.8, 4) is 0 Å². The van der Waals surface area contributed by atoms with Crippen LogP contribution in [-0.2, 0) is 47.0 Å². The van der Waals surface area contributed by atoms with Gasteiger partial charge in [0.1, 0.15) is 13.2 Å². The normalized spacial score (nSPS) is 9.60. The SMILES string of the molecule is CC(C)C(=O)COCC(=O)NCCO.[Y]. The molecule has 0 heterocycles. The van der Waals surface area contributed by atoms with Gasteiger partial charge in [0, 0.05) is 45.2 Å². The van der Waals surface area contributed by atoms with Gasteiger partial charge in [0.05, 0.1) is 6.61 Å². The van der Waals surface area contributed by atoms with E-state index in [1.165, 1.54) is 0 Å². The third kappa shape index (κ3) is 10.4. The van der Waals surface area contributed by atoms with E-state index in [-0.39, 0.29) is 76.7 Å². The number of rotatable bonds is 7. The number of hydrogen-bond acceptors (Lipinski definition) is 4. The van der Waals surface area contributed by atoms with Crippen LogP contribution in [-0.4, -0.2) is 43.2 Å². The third-order valence-electron chi connectivity index (χ3n) is 1.56. The van der Waals surface area contributed by atoms with Crippen molar-refractivity contribution >= 4 is 11.7 Å². The zero-order valence-electron chi connectivity index (χ0n) is 9.16. The molecule has 0 aromatic rings.